The van der Waals surface area contributed by atoms with Crippen LogP contribution in [0.5, 0.6) is 0 Å². The van der Waals surface area contributed by atoms with Gasteiger partial charge in [0, 0.05) is 0 Å². The van der Waals surface area contributed by atoms with E-state index in [2.05, 4.69) is 29.9 Å². The molecular weight excluding hydrogens is 662 g/mol. The number of aromatic amines is 1. The molecule has 46 heavy (non-hydrogen) atoms. The number of ether oxygens (including phenoxy) is 3. The van der Waals surface area contributed by atoms with Crippen LogP contribution >= 0.6 is 15.9 Å². The molecule has 6 heterocycles. The van der Waals surface area contributed by atoms with Crippen LogP contribution in [0.25, 0.3) is 22.3 Å². The molecule has 2 aliphatic rings. The number of nitrogen functional groups attached to an aromatic ring is 2. The Kier molecular flexibility index (Phi) is 8.93. The number of aliphatic hydroxyl groups is 3. The van der Waals surface area contributed by atoms with Crippen LogP contribution in [0.3, 0.4) is 0 Å². The molecule has 6 rings (SSSR count). The molecule has 2 fully saturated rings. The molecule has 0 bridgehead atoms. The van der Waals surface area contributed by atoms with Gasteiger partial charge in [-0.3, -0.25) is 32.5 Å². The summed E-state index contributed by atoms with van der Waals surface area (Å²) >= 11 is 0. The fraction of sp³-hybridized carbons (Fsp3) is 0.524. The number of H-pyrrole nitrogens is 1. The van der Waals surface area contributed by atoms with Crippen molar-refractivity contribution in [2.45, 2.75) is 49.1 Å². The van der Waals surface area contributed by atoms with Crippen molar-refractivity contribution in [1.29, 1.82) is 0 Å². The highest BCUT2D eigenvalue weighted by Gasteiger charge is 2.51. The molecule has 2 unspecified atom stereocenters. The second kappa shape index (κ2) is 12.6. The van der Waals surface area contributed by atoms with Crippen LogP contribution in [0.1, 0.15) is 12.5 Å². The highest BCUT2D eigenvalue weighted by atomic mass is 31.2. The number of aliphatic hydroxyl groups excluding tert-OH is 3. The number of rotatable bonds is 11. The van der Waals surface area contributed by atoms with Gasteiger partial charge in [0.15, 0.2) is 35.1 Å². The first-order valence-electron chi connectivity index (χ1n) is 13.3. The molecular formula is C21H28N10O13P2. The predicted molar refractivity (Wildman–Crippen MR) is 151 cm³/mol. The summed E-state index contributed by atoms with van der Waals surface area (Å²) < 4.78 is 54.1. The molecule has 25 heteroatoms. The van der Waals surface area contributed by atoms with Gasteiger partial charge in [-0.15, -0.1) is 0 Å². The van der Waals surface area contributed by atoms with Crippen LogP contribution in [0.4, 0.5) is 11.8 Å². The Balaban J connectivity index is 1.18. The number of hydrogen-bond acceptors (Lipinski definition) is 18. The predicted octanol–water partition coefficient (Wildman–Crippen LogP) is -3.06. The zero-order valence-corrected chi connectivity index (χ0v) is 25.1. The van der Waals surface area contributed by atoms with Crippen LogP contribution in [0, 0.1) is 0 Å². The maximum atomic E-state index is 13.1. The monoisotopic (exact) mass is 690 g/mol. The van der Waals surface area contributed by atoms with E-state index in [1.165, 1.54) is 10.9 Å². The summed E-state index contributed by atoms with van der Waals surface area (Å²) in [5.74, 6) is -0.196. The Morgan fingerprint density at radius 3 is 2.35 bits per heavy atom. The highest BCUT2D eigenvalue weighted by Crippen LogP contribution is 2.49. The molecule has 0 aromatic carbocycles. The average Bonchev–Trinajstić information content (AvgIpc) is 3.76. The molecule has 2 saturated heterocycles. The average molecular weight is 690 g/mol. The number of aromatic nitrogens is 8. The minimum absolute atomic E-state index is 0.0537. The first-order chi connectivity index (χ1) is 21.9. The zero-order chi connectivity index (χ0) is 32.9. The molecule has 250 valence electrons. The van der Waals surface area contributed by atoms with E-state index in [0.29, 0.717) is 0 Å². The van der Waals surface area contributed by atoms with E-state index in [-0.39, 0.29) is 34.1 Å². The normalized spacial score (nSPS) is 30.3. The molecule has 2 aliphatic heterocycles. The van der Waals surface area contributed by atoms with Crippen molar-refractivity contribution >= 4 is 49.9 Å². The minimum Gasteiger partial charge on any atom is -0.394 e. The van der Waals surface area contributed by atoms with Gasteiger partial charge in [0.1, 0.15) is 54.8 Å². The lowest BCUT2D eigenvalue weighted by atomic mass is 10.1. The maximum Gasteiger partial charge on any atom is 0.472 e. The maximum absolute atomic E-state index is 13.1. The van der Waals surface area contributed by atoms with Crippen LogP contribution in [-0.4, -0.2) is 120 Å². The standard InChI is InChI=1S/C21H28N10O13P2/c22-15-9-16(25-3-24-15)30(4-26-9)19-11(33)13(40-6-45(36)37)8(43-19)2-41-46(38,39)44-14-7(1-32)42-20(12(14)34)31-5-27-10-17(31)28-21(23)29-18(10)35/h3-5,7-8,11-14,19-20,32-34,45H,1-2,6H2,(H,36,37)(H,38,39)(H2,22,24,25)(H3,23,28,29,35)/t7-,8-,11+,12+,13+,14+,19-,20-/m1/s1. The van der Waals surface area contributed by atoms with E-state index >= 15 is 0 Å². The van der Waals surface area contributed by atoms with Gasteiger partial charge >= 0.3 is 7.82 Å². The fourth-order valence-electron chi connectivity index (χ4n) is 5.22. The third kappa shape index (κ3) is 6.03. The first-order valence-corrected chi connectivity index (χ1v) is 16.4. The quantitative estimate of drug-likeness (QED) is 0.0724. The van der Waals surface area contributed by atoms with E-state index in [0.717, 1.165) is 17.2 Å². The van der Waals surface area contributed by atoms with Gasteiger partial charge in [0.25, 0.3) is 5.56 Å². The van der Waals surface area contributed by atoms with Crippen LogP contribution in [0.15, 0.2) is 23.8 Å². The van der Waals surface area contributed by atoms with E-state index in [1.54, 1.807) is 0 Å². The summed E-state index contributed by atoms with van der Waals surface area (Å²) in [7, 11) is -8.26. The van der Waals surface area contributed by atoms with Crippen molar-refractivity contribution in [3.63, 3.8) is 0 Å². The van der Waals surface area contributed by atoms with Crippen molar-refractivity contribution < 1.29 is 57.5 Å². The smallest absolute Gasteiger partial charge is 0.394 e. The Labute approximate surface area is 256 Å². The van der Waals surface area contributed by atoms with E-state index in [4.69, 9.17) is 34.7 Å². The number of imidazole rings is 2. The summed E-state index contributed by atoms with van der Waals surface area (Å²) in [5.41, 5.74) is 10.9. The number of phosphoric acid groups is 1. The lowest BCUT2D eigenvalue weighted by molar-refractivity contribution is -0.0622. The molecule has 0 spiro atoms. The molecule has 4 aromatic heterocycles. The van der Waals surface area contributed by atoms with Gasteiger partial charge in [0.2, 0.25) is 14.0 Å². The Morgan fingerprint density at radius 2 is 1.65 bits per heavy atom. The first kappa shape index (κ1) is 32.5. The van der Waals surface area contributed by atoms with Crippen molar-refractivity contribution in [3.8, 4) is 0 Å². The van der Waals surface area contributed by atoms with Crippen molar-refractivity contribution in [2.24, 2.45) is 0 Å². The van der Waals surface area contributed by atoms with E-state index < -0.39 is 90.1 Å². The van der Waals surface area contributed by atoms with Gasteiger partial charge in [-0.2, -0.15) is 4.98 Å². The van der Waals surface area contributed by atoms with E-state index in [1.807, 2.05) is 0 Å². The number of nitrogens with one attached hydrogen (secondary N) is 1. The lowest BCUT2D eigenvalue weighted by Crippen LogP contribution is -2.37. The summed E-state index contributed by atoms with van der Waals surface area (Å²) in [4.78, 5) is 54.3. The molecule has 0 saturated carbocycles. The van der Waals surface area contributed by atoms with Gasteiger partial charge in [-0.05, 0) is 0 Å². The molecule has 0 amide bonds. The van der Waals surface area contributed by atoms with Gasteiger partial charge < -0.3 is 50.8 Å². The second-order valence-corrected chi connectivity index (χ2v) is 12.6. The van der Waals surface area contributed by atoms with Crippen molar-refractivity contribution in [3.05, 3.63) is 29.3 Å². The van der Waals surface area contributed by atoms with Gasteiger partial charge in [-0.1, -0.05) is 0 Å². The lowest BCUT2D eigenvalue weighted by Gasteiger charge is -2.24. The molecule has 23 nitrogen and oxygen atoms in total. The van der Waals surface area contributed by atoms with Gasteiger partial charge in [-0.25, -0.2) is 24.5 Å². The topological polar surface area (TPSA) is 341 Å². The third-order valence-corrected chi connectivity index (χ3v) is 8.64. The van der Waals surface area contributed by atoms with Crippen molar-refractivity contribution in [2.75, 3.05) is 31.0 Å². The Hall–Kier alpha value is -3.44. The number of anilines is 2. The summed E-state index contributed by atoms with van der Waals surface area (Å²) in [6.07, 6.45) is -8.72. The molecule has 4 aromatic rings. The third-order valence-electron chi connectivity index (χ3n) is 7.24. The van der Waals surface area contributed by atoms with Crippen LogP contribution < -0.4 is 17.0 Å². The highest BCUT2D eigenvalue weighted by molar-refractivity contribution is 7.47. The number of phosphoric ester groups is 1. The summed E-state index contributed by atoms with van der Waals surface area (Å²) in [6, 6.07) is 0. The molecule has 10 N–H and O–H groups in total. The van der Waals surface area contributed by atoms with E-state index in [9.17, 15) is 39.0 Å². The summed E-state index contributed by atoms with van der Waals surface area (Å²) in [5, 5.41) is 31.9. The molecule has 10 atom stereocenters. The largest absolute Gasteiger partial charge is 0.472 e. The zero-order valence-electron chi connectivity index (χ0n) is 23.2. The molecule has 0 radical (unpaired) electrons. The van der Waals surface area contributed by atoms with Crippen molar-refractivity contribution in [1.82, 2.24) is 39.0 Å². The van der Waals surface area contributed by atoms with Crippen LogP contribution in [0.2, 0.25) is 0 Å². The second-order valence-electron chi connectivity index (χ2n) is 10.2. The number of nitrogens with zero attached hydrogens (tertiary/aromatic N) is 7. The number of hydrogen-bond donors (Lipinski definition) is 8. The fourth-order valence-corrected chi connectivity index (χ4v) is 6.52. The van der Waals surface area contributed by atoms with Gasteiger partial charge in [0.05, 0.1) is 25.9 Å². The number of nitrogens with two attached hydrogens (primary N) is 2. The Bertz CT molecular complexity index is 1870. The SMILES string of the molecule is Nc1nc2c(ncn2[C@@H]2O[C@H](CO)[C@H](OP(=O)(O)OC[C@H]3O[C@@H](n4cnc5c(N)ncnc54)[C@@H](O)[C@H]3OC[PH](=O)O)[C@@H]2O)c(=O)[nH]1. The Morgan fingerprint density at radius 1 is 1.00 bits per heavy atom. The number of fused-ring (bicyclic) bond motifs is 2. The minimum atomic E-state index is -5.10. The summed E-state index contributed by atoms with van der Waals surface area (Å²) in [6.45, 7) is -1.54. The van der Waals surface area contributed by atoms with Crippen LogP contribution in [-0.2, 0) is 32.4 Å². The molecule has 0 aliphatic carbocycles.